The first-order valence-corrected chi connectivity index (χ1v) is 42.8. The second-order valence-electron chi connectivity index (χ2n) is 26.7. The predicted octanol–water partition coefficient (Wildman–Crippen LogP) is 23.0. The summed E-state index contributed by atoms with van der Waals surface area (Å²) in [7, 11) is -9.95. The Kier molecular flexibility index (Phi) is 70.8. The third-order valence-corrected chi connectivity index (χ3v) is 18.7. The van der Waals surface area contributed by atoms with E-state index in [4.69, 9.17) is 37.0 Å². The first-order valence-electron chi connectivity index (χ1n) is 39.8. The van der Waals surface area contributed by atoms with Crippen molar-refractivity contribution < 1.29 is 80.2 Å². The van der Waals surface area contributed by atoms with Gasteiger partial charge in [0.15, 0.2) is 12.2 Å². The predicted molar refractivity (Wildman–Crippen MR) is 409 cm³/mol. The molecule has 0 amide bonds. The molecule has 5 unspecified atom stereocenters. The second kappa shape index (κ2) is 73.5. The molecule has 17 nitrogen and oxygen atoms in total. The van der Waals surface area contributed by atoms with Gasteiger partial charge in [0, 0.05) is 25.7 Å². The summed E-state index contributed by atoms with van der Waals surface area (Å²) in [5.41, 5.74) is 0. The van der Waals surface area contributed by atoms with E-state index in [1.54, 1.807) is 0 Å². The highest BCUT2D eigenvalue weighted by atomic mass is 31.2. The largest absolute Gasteiger partial charge is 0.472 e. The lowest BCUT2D eigenvalue weighted by Gasteiger charge is -2.21. The molecule has 100 heavy (non-hydrogen) atoms. The Balaban J connectivity index is 5.33. The molecule has 0 aromatic carbocycles. The van der Waals surface area contributed by atoms with Crippen molar-refractivity contribution in [3.8, 4) is 0 Å². The fourth-order valence-corrected chi connectivity index (χ4v) is 12.3. The lowest BCUT2D eigenvalue weighted by Crippen LogP contribution is -2.30. The number of phosphoric acid groups is 2. The molecule has 0 aliphatic rings. The van der Waals surface area contributed by atoms with Gasteiger partial charge in [-0.15, -0.1) is 0 Å². The SMILES string of the molecule is CCCC/C=C\CCCCCCCC(=O)OCC(COP(=O)(O)OCC(O)COP(=O)(O)OCC(COC(=O)CCCCCCCC/C=C\C/C=C\C/C=C\CCCCC)OC(=O)CCCCCCCC/C=C\C/C=C\C/C=C\CCCCC)OC(=O)CCCCCCCCCCCCC. The Morgan fingerprint density at radius 1 is 0.280 bits per heavy atom. The van der Waals surface area contributed by atoms with E-state index >= 15 is 0 Å². The molecule has 0 bridgehead atoms. The fraction of sp³-hybridized carbons (Fsp3) is 0.778. The lowest BCUT2D eigenvalue weighted by atomic mass is 10.1. The van der Waals surface area contributed by atoms with Gasteiger partial charge in [0.25, 0.3) is 0 Å². The Hall–Kier alpha value is -3.76. The summed E-state index contributed by atoms with van der Waals surface area (Å²) in [6.07, 6.45) is 75.6. The number of hydrogen-bond donors (Lipinski definition) is 3. The Labute approximate surface area is 608 Å². The van der Waals surface area contributed by atoms with Crippen LogP contribution in [0.2, 0.25) is 0 Å². The first-order chi connectivity index (χ1) is 48.7. The van der Waals surface area contributed by atoms with Gasteiger partial charge in [-0.3, -0.25) is 37.3 Å². The van der Waals surface area contributed by atoms with Gasteiger partial charge < -0.3 is 33.8 Å². The average molecular weight is 1450 g/mol. The number of aliphatic hydroxyl groups is 1. The van der Waals surface area contributed by atoms with Gasteiger partial charge in [-0.2, -0.15) is 0 Å². The van der Waals surface area contributed by atoms with Crippen LogP contribution in [-0.4, -0.2) is 96.7 Å². The number of aliphatic hydroxyl groups excluding tert-OH is 1. The average Bonchev–Trinajstić information content (AvgIpc) is 0.960. The number of rotatable bonds is 75. The third-order valence-electron chi connectivity index (χ3n) is 16.8. The minimum Gasteiger partial charge on any atom is -0.462 e. The number of unbranched alkanes of at least 4 members (excludes halogenated alkanes) is 35. The monoisotopic (exact) mass is 1450 g/mol. The van der Waals surface area contributed by atoms with Crippen LogP contribution in [0, 0.1) is 0 Å². The molecular formula is C81H144O17P2. The standard InChI is InChI=1S/C81H144O17P2/c1-5-9-13-17-21-25-29-31-33-35-37-39-41-43-47-50-54-58-62-66-79(84)92-72-77(98-81(86)68-64-60-56-52-48-44-42-40-38-36-34-32-30-26-22-18-14-10-6-2)74-96-100(89,90)94-70-75(82)69-93-99(87,88)95-73-76(97-80(85)67-63-59-55-51-46-28-24-20-16-12-8-4)71-91-78(83)65-61-57-53-49-45-27-23-19-15-11-7-3/h19,21-23,25-26,31-34,37-40,75-77,82H,5-18,20,24,27-30,35-36,41-74H2,1-4H3,(H,87,88)(H,89,90)/b23-19-,25-21-,26-22-,33-31-,34-32-,39-37-,40-38-. The van der Waals surface area contributed by atoms with Crippen LogP contribution in [-0.2, 0) is 65.4 Å². The normalized spacial score (nSPS) is 14.3. The summed E-state index contributed by atoms with van der Waals surface area (Å²) >= 11 is 0. The molecule has 0 saturated carbocycles. The van der Waals surface area contributed by atoms with Crippen LogP contribution < -0.4 is 0 Å². The highest BCUT2D eigenvalue weighted by molar-refractivity contribution is 7.47. The maximum atomic E-state index is 13.1. The molecule has 0 spiro atoms. The van der Waals surface area contributed by atoms with E-state index in [2.05, 4.69) is 113 Å². The lowest BCUT2D eigenvalue weighted by molar-refractivity contribution is -0.161. The van der Waals surface area contributed by atoms with Crippen molar-refractivity contribution in [1.82, 2.24) is 0 Å². The maximum Gasteiger partial charge on any atom is 0.472 e. The van der Waals surface area contributed by atoms with Crippen LogP contribution in [0.4, 0.5) is 0 Å². The first kappa shape index (κ1) is 96.2. The minimum absolute atomic E-state index is 0.0785. The van der Waals surface area contributed by atoms with Gasteiger partial charge in [0.2, 0.25) is 0 Å². The van der Waals surface area contributed by atoms with E-state index in [1.807, 2.05) is 0 Å². The zero-order chi connectivity index (χ0) is 73.2. The van der Waals surface area contributed by atoms with Gasteiger partial charge in [0.05, 0.1) is 26.4 Å². The topological polar surface area (TPSA) is 237 Å². The molecule has 5 atom stereocenters. The van der Waals surface area contributed by atoms with Crippen LogP contribution in [0.1, 0.15) is 349 Å². The molecule has 0 aromatic heterocycles. The van der Waals surface area contributed by atoms with E-state index in [0.717, 1.165) is 180 Å². The zero-order valence-corrected chi connectivity index (χ0v) is 65.2. The summed E-state index contributed by atoms with van der Waals surface area (Å²) in [4.78, 5) is 72.9. The molecule has 0 aliphatic carbocycles. The minimum atomic E-state index is -4.98. The zero-order valence-electron chi connectivity index (χ0n) is 63.4. The number of phosphoric ester groups is 2. The molecule has 3 N–H and O–H groups in total. The van der Waals surface area contributed by atoms with Crippen molar-refractivity contribution in [3.63, 3.8) is 0 Å². The van der Waals surface area contributed by atoms with Crippen LogP contribution in [0.25, 0.3) is 0 Å². The van der Waals surface area contributed by atoms with Crippen LogP contribution in [0.15, 0.2) is 85.1 Å². The summed E-state index contributed by atoms with van der Waals surface area (Å²) in [6, 6.07) is 0. The number of ether oxygens (including phenoxy) is 4. The number of carbonyl (C=O) groups is 4. The quantitative estimate of drug-likeness (QED) is 0.0169. The smallest absolute Gasteiger partial charge is 0.462 e. The molecule has 0 aromatic rings. The third kappa shape index (κ3) is 72.6. The molecule has 0 aliphatic heterocycles. The molecule has 0 heterocycles. The van der Waals surface area contributed by atoms with Crippen molar-refractivity contribution in [2.45, 2.75) is 367 Å². The van der Waals surface area contributed by atoms with Gasteiger partial charge in [0.1, 0.15) is 19.3 Å². The van der Waals surface area contributed by atoms with Gasteiger partial charge in [-0.1, -0.05) is 286 Å². The van der Waals surface area contributed by atoms with Crippen LogP contribution in [0.3, 0.4) is 0 Å². The van der Waals surface area contributed by atoms with Gasteiger partial charge in [-0.05, 0) is 122 Å². The summed E-state index contributed by atoms with van der Waals surface area (Å²) in [6.45, 7) is 4.78. The molecule has 0 rings (SSSR count). The number of hydrogen-bond acceptors (Lipinski definition) is 15. The number of esters is 4. The van der Waals surface area contributed by atoms with Crippen LogP contribution in [0.5, 0.6) is 0 Å². The number of carbonyl (C=O) groups excluding carboxylic acids is 4. The molecule has 0 radical (unpaired) electrons. The maximum absolute atomic E-state index is 13.1. The molecule has 0 saturated heterocycles. The van der Waals surface area contributed by atoms with E-state index in [9.17, 15) is 43.2 Å². The Morgan fingerprint density at radius 3 is 0.810 bits per heavy atom. The highest BCUT2D eigenvalue weighted by Gasteiger charge is 2.30. The van der Waals surface area contributed by atoms with E-state index in [-0.39, 0.29) is 25.7 Å². The van der Waals surface area contributed by atoms with Crippen molar-refractivity contribution in [3.05, 3.63) is 85.1 Å². The van der Waals surface area contributed by atoms with E-state index < -0.39 is 97.5 Å². The molecule has 580 valence electrons. The van der Waals surface area contributed by atoms with E-state index in [1.165, 1.54) is 89.9 Å². The van der Waals surface area contributed by atoms with Crippen LogP contribution >= 0.6 is 15.6 Å². The second-order valence-corrected chi connectivity index (χ2v) is 29.6. The fourth-order valence-electron chi connectivity index (χ4n) is 10.7. The van der Waals surface area contributed by atoms with Gasteiger partial charge >= 0.3 is 39.5 Å². The van der Waals surface area contributed by atoms with E-state index in [0.29, 0.717) is 25.7 Å². The highest BCUT2D eigenvalue weighted by Crippen LogP contribution is 2.45. The Bertz CT molecular complexity index is 2230. The van der Waals surface area contributed by atoms with Gasteiger partial charge in [-0.25, -0.2) is 9.13 Å². The van der Waals surface area contributed by atoms with Crippen molar-refractivity contribution in [2.24, 2.45) is 0 Å². The summed E-state index contributed by atoms with van der Waals surface area (Å²) in [5.74, 6) is -2.19. The van der Waals surface area contributed by atoms with Crippen molar-refractivity contribution >= 4 is 39.5 Å². The summed E-state index contributed by atoms with van der Waals surface area (Å²) in [5, 5.41) is 10.6. The molecular weight excluding hydrogens is 1310 g/mol. The summed E-state index contributed by atoms with van der Waals surface area (Å²) < 4.78 is 68.5. The molecule has 0 fully saturated rings. The number of allylic oxidation sites excluding steroid dienone is 14. The van der Waals surface area contributed by atoms with Crippen molar-refractivity contribution in [2.75, 3.05) is 39.6 Å². The Morgan fingerprint density at radius 2 is 0.500 bits per heavy atom. The van der Waals surface area contributed by atoms with Crippen molar-refractivity contribution in [1.29, 1.82) is 0 Å². The molecule has 19 heteroatoms.